The van der Waals surface area contributed by atoms with Crippen molar-refractivity contribution in [1.29, 1.82) is 0 Å². The SMILES string of the molecule is CCCCC(C(=O)O)N(CCOC)C(CC)CC. The largest absolute Gasteiger partial charge is 0.480 e. The van der Waals surface area contributed by atoms with E-state index in [1.165, 1.54) is 0 Å². The van der Waals surface area contributed by atoms with Crippen LogP contribution in [0.3, 0.4) is 0 Å². The number of carboxylic acid groups (broad SMARTS) is 1. The van der Waals surface area contributed by atoms with Crippen LogP contribution in [0.15, 0.2) is 0 Å². The summed E-state index contributed by atoms with van der Waals surface area (Å²) >= 11 is 0. The molecule has 0 aliphatic rings. The third-order valence-electron chi connectivity index (χ3n) is 3.48. The minimum atomic E-state index is -0.702. The number of rotatable bonds is 11. The molecule has 1 N–H and O–H groups in total. The van der Waals surface area contributed by atoms with Gasteiger partial charge in [-0.2, -0.15) is 0 Å². The molecule has 0 aromatic carbocycles. The van der Waals surface area contributed by atoms with Crippen LogP contribution in [0.5, 0.6) is 0 Å². The van der Waals surface area contributed by atoms with Crippen molar-refractivity contribution < 1.29 is 14.6 Å². The van der Waals surface area contributed by atoms with Crippen LogP contribution in [0.4, 0.5) is 0 Å². The van der Waals surface area contributed by atoms with Gasteiger partial charge in [-0.25, -0.2) is 0 Å². The molecule has 0 bridgehead atoms. The van der Waals surface area contributed by atoms with Crippen molar-refractivity contribution in [3.63, 3.8) is 0 Å². The van der Waals surface area contributed by atoms with Gasteiger partial charge in [-0.3, -0.25) is 9.69 Å². The molecular weight excluding hydrogens is 230 g/mol. The Bertz CT molecular complexity index is 217. The number of ether oxygens (including phenoxy) is 1. The molecule has 0 aromatic rings. The quantitative estimate of drug-likeness (QED) is 0.620. The maximum atomic E-state index is 11.5. The van der Waals surface area contributed by atoms with Crippen molar-refractivity contribution >= 4 is 5.97 Å². The maximum absolute atomic E-state index is 11.5. The van der Waals surface area contributed by atoms with E-state index in [9.17, 15) is 9.90 Å². The summed E-state index contributed by atoms with van der Waals surface area (Å²) in [5.41, 5.74) is 0. The first-order valence-corrected chi connectivity index (χ1v) is 7.09. The van der Waals surface area contributed by atoms with Crippen LogP contribution < -0.4 is 0 Å². The molecule has 0 rings (SSSR count). The van der Waals surface area contributed by atoms with Gasteiger partial charge in [0.05, 0.1) is 6.61 Å². The molecule has 0 amide bonds. The second-order valence-electron chi connectivity index (χ2n) is 4.70. The maximum Gasteiger partial charge on any atom is 0.320 e. The summed E-state index contributed by atoms with van der Waals surface area (Å²) < 4.78 is 5.11. The molecule has 108 valence electrons. The molecule has 0 aliphatic carbocycles. The highest BCUT2D eigenvalue weighted by molar-refractivity contribution is 5.73. The number of hydrogen-bond acceptors (Lipinski definition) is 3. The van der Waals surface area contributed by atoms with Crippen molar-refractivity contribution in [3.05, 3.63) is 0 Å². The van der Waals surface area contributed by atoms with Crippen LogP contribution in [0.25, 0.3) is 0 Å². The molecule has 0 aromatic heterocycles. The Morgan fingerprint density at radius 1 is 1.28 bits per heavy atom. The summed E-state index contributed by atoms with van der Waals surface area (Å²) in [6, 6.07) is -0.0388. The fraction of sp³-hybridized carbons (Fsp3) is 0.929. The van der Waals surface area contributed by atoms with Gasteiger partial charge in [0.1, 0.15) is 6.04 Å². The number of hydrogen-bond donors (Lipinski definition) is 1. The first-order chi connectivity index (χ1) is 8.62. The van der Waals surface area contributed by atoms with E-state index in [4.69, 9.17) is 4.74 Å². The van der Waals surface area contributed by atoms with Gasteiger partial charge in [0.25, 0.3) is 0 Å². The van der Waals surface area contributed by atoms with E-state index >= 15 is 0 Å². The summed E-state index contributed by atoms with van der Waals surface area (Å²) in [4.78, 5) is 13.6. The monoisotopic (exact) mass is 259 g/mol. The van der Waals surface area contributed by atoms with Crippen LogP contribution in [0.1, 0.15) is 52.9 Å². The standard InChI is InChI=1S/C14H29NO3/c1-5-8-9-13(14(16)17)15(10-11-18-4)12(6-2)7-3/h12-13H,5-11H2,1-4H3,(H,16,17). The molecular formula is C14H29NO3. The van der Waals surface area contributed by atoms with Crippen molar-refractivity contribution in [3.8, 4) is 0 Å². The van der Waals surface area contributed by atoms with Crippen LogP contribution in [0.2, 0.25) is 0 Å². The van der Waals surface area contributed by atoms with Crippen LogP contribution in [-0.4, -0.2) is 48.3 Å². The van der Waals surface area contributed by atoms with Crippen LogP contribution in [0, 0.1) is 0 Å². The topological polar surface area (TPSA) is 49.8 Å². The first kappa shape index (κ1) is 17.4. The summed E-state index contributed by atoms with van der Waals surface area (Å²) in [5.74, 6) is -0.702. The lowest BCUT2D eigenvalue weighted by Gasteiger charge is -2.35. The Morgan fingerprint density at radius 3 is 2.28 bits per heavy atom. The molecule has 0 heterocycles. The molecule has 0 spiro atoms. The Balaban J connectivity index is 4.77. The van der Waals surface area contributed by atoms with Gasteiger partial charge in [0.2, 0.25) is 0 Å². The smallest absolute Gasteiger partial charge is 0.320 e. The normalized spacial score (nSPS) is 13.2. The van der Waals surface area contributed by atoms with Gasteiger partial charge >= 0.3 is 5.97 Å². The first-order valence-electron chi connectivity index (χ1n) is 7.09. The Morgan fingerprint density at radius 2 is 1.89 bits per heavy atom. The lowest BCUT2D eigenvalue weighted by molar-refractivity contribution is -0.145. The average molecular weight is 259 g/mol. The minimum absolute atomic E-state index is 0.332. The van der Waals surface area contributed by atoms with Gasteiger partial charge in [-0.1, -0.05) is 33.6 Å². The summed E-state index contributed by atoms with van der Waals surface area (Å²) in [6.45, 7) is 7.62. The number of nitrogens with zero attached hydrogens (tertiary/aromatic N) is 1. The number of carbonyl (C=O) groups is 1. The van der Waals surface area contributed by atoms with Gasteiger partial charge in [0, 0.05) is 19.7 Å². The summed E-state index contributed by atoms with van der Waals surface area (Å²) in [6.07, 6.45) is 4.68. The predicted octanol–water partition coefficient (Wildman–Crippen LogP) is 2.77. The van der Waals surface area contributed by atoms with Crippen molar-refractivity contribution in [2.24, 2.45) is 0 Å². The number of aliphatic carboxylic acids is 1. The highest BCUT2D eigenvalue weighted by Crippen LogP contribution is 2.17. The van der Waals surface area contributed by atoms with E-state index < -0.39 is 5.97 Å². The molecule has 0 fully saturated rings. The van der Waals surface area contributed by atoms with E-state index in [-0.39, 0.29) is 6.04 Å². The predicted molar refractivity (Wildman–Crippen MR) is 73.9 cm³/mol. The Kier molecular flexibility index (Phi) is 9.98. The molecule has 1 unspecified atom stereocenters. The second-order valence-corrected chi connectivity index (χ2v) is 4.70. The summed E-state index contributed by atoms with van der Waals surface area (Å²) in [7, 11) is 1.66. The van der Waals surface area contributed by atoms with E-state index in [2.05, 4.69) is 25.7 Å². The lowest BCUT2D eigenvalue weighted by Crippen LogP contribution is -2.48. The van der Waals surface area contributed by atoms with Gasteiger partial charge < -0.3 is 9.84 Å². The van der Waals surface area contributed by atoms with Crippen molar-refractivity contribution in [2.45, 2.75) is 65.0 Å². The Hall–Kier alpha value is -0.610. The van der Waals surface area contributed by atoms with E-state index in [0.29, 0.717) is 19.2 Å². The zero-order chi connectivity index (χ0) is 14.0. The zero-order valence-electron chi connectivity index (χ0n) is 12.3. The van der Waals surface area contributed by atoms with E-state index in [1.54, 1.807) is 7.11 Å². The van der Waals surface area contributed by atoms with Gasteiger partial charge in [-0.05, 0) is 19.3 Å². The van der Waals surface area contributed by atoms with Crippen molar-refractivity contribution in [2.75, 3.05) is 20.3 Å². The highest BCUT2D eigenvalue weighted by atomic mass is 16.5. The molecule has 4 nitrogen and oxygen atoms in total. The molecule has 4 heteroatoms. The second kappa shape index (κ2) is 10.3. The van der Waals surface area contributed by atoms with Crippen LogP contribution in [-0.2, 0) is 9.53 Å². The summed E-state index contributed by atoms with van der Waals surface area (Å²) in [5, 5.41) is 9.43. The fourth-order valence-electron chi connectivity index (χ4n) is 2.38. The van der Waals surface area contributed by atoms with Gasteiger partial charge in [0.15, 0.2) is 0 Å². The van der Waals surface area contributed by atoms with E-state index in [1.807, 2.05) is 0 Å². The highest BCUT2D eigenvalue weighted by Gasteiger charge is 2.28. The zero-order valence-corrected chi connectivity index (χ0v) is 12.3. The van der Waals surface area contributed by atoms with Crippen LogP contribution >= 0.6 is 0 Å². The van der Waals surface area contributed by atoms with Crippen molar-refractivity contribution in [1.82, 2.24) is 4.90 Å². The minimum Gasteiger partial charge on any atom is -0.480 e. The average Bonchev–Trinajstić information content (AvgIpc) is 2.36. The molecule has 1 atom stereocenters. The molecule has 0 saturated heterocycles. The molecule has 0 saturated carbocycles. The van der Waals surface area contributed by atoms with Gasteiger partial charge in [-0.15, -0.1) is 0 Å². The molecule has 18 heavy (non-hydrogen) atoms. The van der Waals surface area contributed by atoms with E-state index in [0.717, 1.165) is 32.1 Å². The lowest BCUT2D eigenvalue weighted by atomic mass is 10.0. The number of carboxylic acids is 1. The Labute approximate surface area is 111 Å². The number of methoxy groups -OCH3 is 1. The third-order valence-corrected chi connectivity index (χ3v) is 3.48. The third kappa shape index (κ3) is 5.83. The number of unbranched alkanes of at least 4 members (excludes halogenated alkanes) is 1. The molecule has 0 aliphatic heterocycles. The fourth-order valence-corrected chi connectivity index (χ4v) is 2.38. The molecule has 0 radical (unpaired) electrons.